The van der Waals surface area contributed by atoms with Crippen molar-refractivity contribution in [1.82, 2.24) is 5.01 Å². The molecule has 0 fully saturated rings. The first-order chi connectivity index (χ1) is 6.20. The van der Waals surface area contributed by atoms with E-state index in [4.69, 9.17) is 0 Å². The van der Waals surface area contributed by atoms with Gasteiger partial charge < -0.3 is 0 Å². The number of hydrogen-bond acceptors (Lipinski definition) is 3. The van der Waals surface area contributed by atoms with E-state index >= 15 is 0 Å². The van der Waals surface area contributed by atoms with E-state index in [0.29, 0.717) is 0 Å². The molecule has 0 aliphatic carbocycles. The summed E-state index contributed by atoms with van der Waals surface area (Å²) in [5.41, 5.74) is 0.732. The van der Waals surface area contributed by atoms with Crippen LogP contribution in [0, 0.1) is 0 Å². The van der Waals surface area contributed by atoms with Gasteiger partial charge in [0.1, 0.15) is 0 Å². The Morgan fingerprint density at radius 3 is 2.46 bits per heavy atom. The molecule has 0 bridgehead atoms. The van der Waals surface area contributed by atoms with E-state index in [1.807, 2.05) is 30.3 Å². The molecule has 68 valence electrons. The summed E-state index contributed by atoms with van der Waals surface area (Å²) in [5, 5.41) is 8.75. The Balaban J connectivity index is 2.64. The zero-order valence-corrected chi connectivity index (χ0v) is 7.64. The fraction of sp³-hybridized carbons (Fsp3) is 0.222. The van der Waals surface area contributed by atoms with Gasteiger partial charge in [0.25, 0.3) is 0 Å². The van der Waals surface area contributed by atoms with Gasteiger partial charge in [-0.05, 0) is 12.1 Å². The molecule has 1 aromatic rings. The second-order valence-electron chi connectivity index (χ2n) is 2.57. The van der Waals surface area contributed by atoms with Gasteiger partial charge in [-0.15, -0.1) is 5.11 Å². The first kappa shape index (κ1) is 9.38. The smallest absolute Gasteiger partial charge is 0.240 e. The molecule has 0 aromatic heterocycles. The quantitative estimate of drug-likeness (QED) is 0.504. The zero-order valence-electron chi connectivity index (χ0n) is 7.64. The van der Waals surface area contributed by atoms with Crippen molar-refractivity contribution in [2.24, 2.45) is 10.3 Å². The fourth-order valence-electron chi connectivity index (χ4n) is 0.676. The highest BCUT2D eigenvalue weighted by Crippen LogP contribution is 2.10. The SMILES string of the molecule is CC(=O)N(C)N=Nc1ccccc1. The first-order valence-corrected chi connectivity index (χ1v) is 3.91. The summed E-state index contributed by atoms with van der Waals surface area (Å²) in [4.78, 5) is 10.7. The normalized spacial score (nSPS) is 10.3. The number of amides is 1. The number of rotatable bonds is 2. The van der Waals surface area contributed by atoms with Gasteiger partial charge in [-0.1, -0.05) is 23.4 Å². The Morgan fingerprint density at radius 2 is 1.92 bits per heavy atom. The molecule has 0 saturated heterocycles. The highest BCUT2D eigenvalue weighted by atomic mass is 16.2. The summed E-state index contributed by atoms with van der Waals surface area (Å²) in [7, 11) is 1.56. The molecule has 0 radical (unpaired) electrons. The van der Waals surface area contributed by atoms with E-state index in [0.717, 1.165) is 5.69 Å². The van der Waals surface area contributed by atoms with Crippen LogP contribution in [-0.2, 0) is 4.79 Å². The standard InChI is InChI=1S/C9H11N3O/c1-8(13)12(2)11-10-9-6-4-3-5-7-9/h3-7H,1-2H3. The van der Waals surface area contributed by atoms with Crippen LogP contribution in [0.4, 0.5) is 5.69 Å². The van der Waals surface area contributed by atoms with Crippen molar-refractivity contribution >= 4 is 11.6 Å². The fourth-order valence-corrected chi connectivity index (χ4v) is 0.676. The van der Waals surface area contributed by atoms with Crippen LogP contribution in [-0.4, -0.2) is 18.0 Å². The Hall–Kier alpha value is -1.71. The predicted molar refractivity (Wildman–Crippen MR) is 49.4 cm³/mol. The molecule has 0 saturated carbocycles. The third-order valence-corrected chi connectivity index (χ3v) is 1.51. The number of nitrogens with zero attached hydrogens (tertiary/aromatic N) is 3. The highest BCUT2D eigenvalue weighted by molar-refractivity contribution is 5.72. The Kier molecular flexibility index (Phi) is 3.14. The van der Waals surface area contributed by atoms with E-state index in [9.17, 15) is 4.79 Å². The highest BCUT2D eigenvalue weighted by Gasteiger charge is 1.97. The van der Waals surface area contributed by atoms with Crippen molar-refractivity contribution in [2.45, 2.75) is 6.92 Å². The monoisotopic (exact) mass is 177 g/mol. The van der Waals surface area contributed by atoms with Crippen LogP contribution >= 0.6 is 0 Å². The van der Waals surface area contributed by atoms with Crippen molar-refractivity contribution in [3.63, 3.8) is 0 Å². The average Bonchev–Trinajstić information content (AvgIpc) is 2.15. The second kappa shape index (κ2) is 4.35. The van der Waals surface area contributed by atoms with Gasteiger partial charge in [-0.3, -0.25) is 4.79 Å². The van der Waals surface area contributed by atoms with Crippen LogP contribution < -0.4 is 0 Å². The molecule has 13 heavy (non-hydrogen) atoms. The lowest BCUT2D eigenvalue weighted by Crippen LogP contribution is -2.15. The van der Waals surface area contributed by atoms with Crippen molar-refractivity contribution in [2.75, 3.05) is 7.05 Å². The van der Waals surface area contributed by atoms with E-state index in [1.165, 1.54) is 11.9 Å². The Labute approximate surface area is 76.9 Å². The minimum atomic E-state index is -0.139. The molecule has 0 unspecified atom stereocenters. The maximum absolute atomic E-state index is 10.7. The summed E-state index contributed by atoms with van der Waals surface area (Å²) in [6.45, 7) is 1.43. The van der Waals surface area contributed by atoms with Crippen LogP contribution in [0.5, 0.6) is 0 Å². The lowest BCUT2D eigenvalue weighted by atomic mass is 10.3. The van der Waals surface area contributed by atoms with Crippen LogP contribution in [0.1, 0.15) is 6.92 Å². The first-order valence-electron chi connectivity index (χ1n) is 3.91. The summed E-state index contributed by atoms with van der Waals surface area (Å²) < 4.78 is 0. The number of carbonyl (C=O) groups excluding carboxylic acids is 1. The van der Waals surface area contributed by atoms with Crippen molar-refractivity contribution in [3.8, 4) is 0 Å². The lowest BCUT2D eigenvalue weighted by Gasteiger charge is -2.03. The summed E-state index contributed by atoms with van der Waals surface area (Å²) in [6.07, 6.45) is 0. The Morgan fingerprint density at radius 1 is 1.31 bits per heavy atom. The minimum absolute atomic E-state index is 0.139. The van der Waals surface area contributed by atoms with Gasteiger partial charge >= 0.3 is 0 Å². The van der Waals surface area contributed by atoms with Crippen molar-refractivity contribution in [3.05, 3.63) is 30.3 Å². The predicted octanol–water partition coefficient (Wildman–Crippen LogP) is 2.16. The number of carbonyl (C=O) groups is 1. The topological polar surface area (TPSA) is 45.0 Å². The molecular formula is C9H11N3O. The van der Waals surface area contributed by atoms with Gasteiger partial charge in [0, 0.05) is 14.0 Å². The lowest BCUT2D eigenvalue weighted by molar-refractivity contribution is -0.127. The summed E-state index contributed by atoms with van der Waals surface area (Å²) in [5.74, 6) is -0.139. The molecule has 1 amide bonds. The van der Waals surface area contributed by atoms with Gasteiger partial charge in [0.2, 0.25) is 5.91 Å². The maximum Gasteiger partial charge on any atom is 0.240 e. The van der Waals surface area contributed by atoms with Crippen LogP contribution in [0.25, 0.3) is 0 Å². The second-order valence-corrected chi connectivity index (χ2v) is 2.57. The molecule has 0 spiro atoms. The average molecular weight is 177 g/mol. The molecule has 0 aliphatic rings. The molecule has 4 heteroatoms. The summed E-state index contributed by atoms with van der Waals surface area (Å²) >= 11 is 0. The molecule has 0 heterocycles. The molecular weight excluding hydrogens is 166 g/mol. The van der Waals surface area contributed by atoms with Crippen LogP contribution in [0.2, 0.25) is 0 Å². The van der Waals surface area contributed by atoms with E-state index in [-0.39, 0.29) is 5.91 Å². The van der Waals surface area contributed by atoms with Crippen LogP contribution in [0.3, 0.4) is 0 Å². The zero-order chi connectivity index (χ0) is 9.68. The van der Waals surface area contributed by atoms with E-state index < -0.39 is 0 Å². The maximum atomic E-state index is 10.7. The molecule has 4 nitrogen and oxygen atoms in total. The van der Waals surface area contributed by atoms with Crippen molar-refractivity contribution < 1.29 is 4.79 Å². The molecule has 0 aliphatic heterocycles. The van der Waals surface area contributed by atoms with E-state index in [1.54, 1.807) is 7.05 Å². The number of benzene rings is 1. The van der Waals surface area contributed by atoms with Crippen molar-refractivity contribution in [1.29, 1.82) is 0 Å². The van der Waals surface area contributed by atoms with Gasteiger partial charge in [-0.2, -0.15) is 0 Å². The Bertz CT molecular complexity index is 308. The van der Waals surface area contributed by atoms with Crippen LogP contribution in [0.15, 0.2) is 40.7 Å². The van der Waals surface area contributed by atoms with Gasteiger partial charge in [0.05, 0.1) is 5.69 Å². The molecule has 0 N–H and O–H groups in total. The molecule has 0 atom stereocenters. The van der Waals surface area contributed by atoms with Gasteiger partial charge in [0.15, 0.2) is 0 Å². The third-order valence-electron chi connectivity index (χ3n) is 1.51. The van der Waals surface area contributed by atoms with E-state index in [2.05, 4.69) is 10.3 Å². The summed E-state index contributed by atoms with van der Waals surface area (Å²) in [6, 6.07) is 9.26. The minimum Gasteiger partial charge on any atom is -0.273 e. The van der Waals surface area contributed by atoms with Gasteiger partial charge in [-0.25, -0.2) is 5.01 Å². The number of hydrogen-bond donors (Lipinski definition) is 0. The largest absolute Gasteiger partial charge is 0.273 e. The molecule has 1 rings (SSSR count). The molecule has 1 aromatic carbocycles. The third kappa shape index (κ3) is 3.02.